The predicted molar refractivity (Wildman–Crippen MR) is 103 cm³/mol. The molecule has 1 aromatic carbocycles. The Bertz CT molecular complexity index is 519. The van der Waals surface area contributed by atoms with Crippen LogP contribution < -0.4 is 5.32 Å². The zero-order valence-electron chi connectivity index (χ0n) is 15.8. The van der Waals surface area contributed by atoms with Crippen LogP contribution in [-0.4, -0.2) is 35.2 Å². The van der Waals surface area contributed by atoms with Crippen LogP contribution >= 0.6 is 15.9 Å². The van der Waals surface area contributed by atoms with E-state index >= 15 is 0 Å². The zero-order valence-corrected chi connectivity index (χ0v) is 17.4. The summed E-state index contributed by atoms with van der Waals surface area (Å²) < 4.78 is 6.55. The third-order valence-electron chi connectivity index (χ3n) is 3.47. The SMILES string of the molecule is CC(C)(C)N(C(=O)OCCCNCc1cccc(Br)c1)C(C)(C)C. The van der Waals surface area contributed by atoms with Crippen molar-refractivity contribution in [2.45, 2.75) is 65.6 Å². The lowest BCUT2D eigenvalue weighted by Crippen LogP contribution is -2.55. The van der Waals surface area contributed by atoms with Gasteiger partial charge in [0.2, 0.25) is 0 Å². The molecule has 0 heterocycles. The number of ether oxygens (including phenoxy) is 1. The molecule has 0 fully saturated rings. The van der Waals surface area contributed by atoms with E-state index in [1.807, 2.05) is 53.7 Å². The number of rotatable bonds is 6. The van der Waals surface area contributed by atoms with Crippen molar-refractivity contribution in [2.75, 3.05) is 13.2 Å². The molecule has 0 spiro atoms. The smallest absolute Gasteiger partial charge is 0.410 e. The summed E-state index contributed by atoms with van der Waals surface area (Å²) in [5.41, 5.74) is 0.691. The molecule has 0 atom stereocenters. The molecule has 5 heteroatoms. The third kappa shape index (κ3) is 7.22. The van der Waals surface area contributed by atoms with Gasteiger partial charge in [-0.3, -0.25) is 4.90 Å². The van der Waals surface area contributed by atoms with Crippen LogP contribution in [-0.2, 0) is 11.3 Å². The topological polar surface area (TPSA) is 41.6 Å². The Hall–Kier alpha value is -1.07. The molecule has 1 rings (SSSR count). The molecule has 0 aromatic heterocycles. The molecule has 0 unspecified atom stereocenters. The van der Waals surface area contributed by atoms with Crippen LogP contribution in [0, 0.1) is 0 Å². The number of halogens is 1. The normalized spacial score (nSPS) is 12.1. The van der Waals surface area contributed by atoms with Crippen LogP contribution in [0.5, 0.6) is 0 Å². The average molecular weight is 399 g/mol. The monoisotopic (exact) mass is 398 g/mol. The van der Waals surface area contributed by atoms with Crippen molar-refractivity contribution in [2.24, 2.45) is 0 Å². The molecule has 0 aliphatic rings. The lowest BCUT2D eigenvalue weighted by atomic mass is 9.97. The van der Waals surface area contributed by atoms with Gasteiger partial charge in [0.1, 0.15) is 0 Å². The molecule has 1 amide bonds. The first-order chi connectivity index (χ1) is 11.0. The maximum absolute atomic E-state index is 12.4. The van der Waals surface area contributed by atoms with E-state index in [4.69, 9.17) is 4.74 Å². The van der Waals surface area contributed by atoms with Crippen molar-refractivity contribution in [3.05, 3.63) is 34.3 Å². The van der Waals surface area contributed by atoms with Gasteiger partial charge in [-0.2, -0.15) is 0 Å². The average Bonchev–Trinajstić information content (AvgIpc) is 2.39. The van der Waals surface area contributed by atoms with E-state index in [-0.39, 0.29) is 17.2 Å². The van der Waals surface area contributed by atoms with Crippen molar-refractivity contribution < 1.29 is 9.53 Å². The van der Waals surface area contributed by atoms with Crippen LogP contribution in [0.2, 0.25) is 0 Å². The molecule has 0 radical (unpaired) electrons. The van der Waals surface area contributed by atoms with Gasteiger partial charge in [0, 0.05) is 22.1 Å². The lowest BCUT2D eigenvalue weighted by molar-refractivity contribution is 0.0202. The number of hydrogen-bond acceptors (Lipinski definition) is 3. The Morgan fingerprint density at radius 3 is 2.33 bits per heavy atom. The lowest BCUT2D eigenvalue weighted by Gasteiger charge is -2.44. The third-order valence-corrected chi connectivity index (χ3v) is 3.96. The maximum atomic E-state index is 12.4. The molecule has 24 heavy (non-hydrogen) atoms. The fourth-order valence-electron chi connectivity index (χ4n) is 2.85. The van der Waals surface area contributed by atoms with E-state index in [0.717, 1.165) is 24.0 Å². The van der Waals surface area contributed by atoms with Gasteiger partial charge in [-0.15, -0.1) is 0 Å². The summed E-state index contributed by atoms with van der Waals surface area (Å²) in [5, 5.41) is 3.37. The van der Waals surface area contributed by atoms with Gasteiger partial charge in [-0.1, -0.05) is 28.1 Å². The first-order valence-corrected chi connectivity index (χ1v) is 9.23. The molecule has 1 aromatic rings. The van der Waals surface area contributed by atoms with Crippen LogP contribution in [0.3, 0.4) is 0 Å². The summed E-state index contributed by atoms with van der Waals surface area (Å²) in [5.74, 6) is 0. The van der Waals surface area contributed by atoms with E-state index in [2.05, 4.69) is 33.4 Å². The summed E-state index contributed by atoms with van der Waals surface area (Å²) in [6.45, 7) is 14.2. The molecule has 0 saturated carbocycles. The molecule has 0 bridgehead atoms. The minimum absolute atomic E-state index is 0.248. The summed E-state index contributed by atoms with van der Waals surface area (Å²) in [6, 6.07) is 8.22. The highest BCUT2D eigenvalue weighted by atomic mass is 79.9. The van der Waals surface area contributed by atoms with E-state index < -0.39 is 0 Å². The number of carbonyl (C=O) groups is 1. The van der Waals surface area contributed by atoms with E-state index in [1.54, 1.807) is 4.90 Å². The Morgan fingerprint density at radius 1 is 1.17 bits per heavy atom. The highest BCUT2D eigenvalue weighted by Gasteiger charge is 2.36. The fourth-order valence-corrected chi connectivity index (χ4v) is 3.30. The first-order valence-electron chi connectivity index (χ1n) is 8.44. The molecular weight excluding hydrogens is 368 g/mol. The van der Waals surface area contributed by atoms with Crippen molar-refractivity contribution in [3.63, 3.8) is 0 Å². The van der Waals surface area contributed by atoms with Gasteiger partial charge in [0.05, 0.1) is 6.61 Å². The maximum Gasteiger partial charge on any atom is 0.410 e. The summed E-state index contributed by atoms with van der Waals surface area (Å²) >= 11 is 3.47. The molecule has 4 nitrogen and oxygen atoms in total. The van der Waals surface area contributed by atoms with Gasteiger partial charge in [0.25, 0.3) is 0 Å². The van der Waals surface area contributed by atoms with E-state index in [1.165, 1.54) is 5.56 Å². The van der Waals surface area contributed by atoms with Gasteiger partial charge in [0.15, 0.2) is 0 Å². The molecule has 1 N–H and O–H groups in total. The summed E-state index contributed by atoms with van der Waals surface area (Å²) in [4.78, 5) is 14.2. The van der Waals surface area contributed by atoms with E-state index in [9.17, 15) is 4.79 Å². The van der Waals surface area contributed by atoms with Crippen LogP contribution in [0.15, 0.2) is 28.7 Å². The zero-order chi connectivity index (χ0) is 18.4. The second-order valence-electron chi connectivity index (χ2n) is 7.95. The first kappa shape index (κ1) is 21.0. The number of amides is 1. The molecule has 0 saturated heterocycles. The van der Waals surface area contributed by atoms with Crippen molar-refractivity contribution in [3.8, 4) is 0 Å². The van der Waals surface area contributed by atoms with Crippen molar-refractivity contribution >= 4 is 22.0 Å². The summed E-state index contributed by atoms with van der Waals surface area (Å²) in [6.07, 6.45) is 0.545. The second kappa shape index (κ2) is 8.86. The fraction of sp³-hybridized carbons (Fsp3) is 0.632. The minimum atomic E-state index is -0.270. The summed E-state index contributed by atoms with van der Waals surface area (Å²) in [7, 11) is 0. The number of nitrogens with zero attached hydrogens (tertiary/aromatic N) is 1. The minimum Gasteiger partial charge on any atom is -0.449 e. The molecule has 136 valence electrons. The van der Waals surface area contributed by atoms with Crippen molar-refractivity contribution in [1.29, 1.82) is 0 Å². The molecule has 0 aliphatic heterocycles. The van der Waals surface area contributed by atoms with E-state index in [0.29, 0.717) is 6.61 Å². The van der Waals surface area contributed by atoms with Gasteiger partial charge < -0.3 is 10.1 Å². The largest absolute Gasteiger partial charge is 0.449 e. The van der Waals surface area contributed by atoms with Gasteiger partial charge in [-0.05, 0) is 72.2 Å². The Balaban J connectivity index is 2.32. The van der Waals surface area contributed by atoms with Gasteiger partial charge in [-0.25, -0.2) is 4.79 Å². The Morgan fingerprint density at radius 2 is 1.79 bits per heavy atom. The number of nitrogens with one attached hydrogen (secondary N) is 1. The predicted octanol–water partition coefficient (Wildman–Crippen LogP) is 4.96. The number of hydrogen-bond donors (Lipinski definition) is 1. The number of benzene rings is 1. The standard InChI is InChI=1S/C19H31BrN2O2/c1-18(2,3)22(19(4,5)6)17(23)24-12-8-11-21-14-15-9-7-10-16(20)13-15/h7,9-10,13,21H,8,11-12,14H2,1-6H3. The van der Waals surface area contributed by atoms with Gasteiger partial charge >= 0.3 is 6.09 Å². The molecule has 0 aliphatic carbocycles. The Kier molecular flexibility index (Phi) is 7.74. The second-order valence-corrected chi connectivity index (χ2v) is 8.87. The van der Waals surface area contributed by atoms with Crippen LogP contribution in [0.4, 0.5) is 4.79 Å². The molecular formula is C19H31BrN2O2. The van der Waals surface area contributed by atoms with Crippen LogP contribution in [0.25, 0.3) is 0 Å². The highest BCUT2D eigenvalue weighted by molar-refractivity contribution is 9.10. The van der Waals surface area contributed by atoms with Crippen LogP contribution in [0.1, 0.15) is 53.5 Å². The number of carbonyl (C=O) groups excluding carboxylic acids is 1. The quantitative estimate of drug-likeness (QED) is 0.687. The highest BCUT2D eigenvalue weighted by Crippen LogP contribution is 2.25. The Labute approximate surface area is 155 Å². The van der Waals surface area contributed by atoms with Crippen molar-refractivity contribution in [1.82, 2.24) is 10.2 Å².